The average molecular weight is 330 g/mol. The van der Waals surface area contributed by atoms with Gasteiger partial charge >= 0.3 is 0 Å². The third kappa shape index (κ3) is 2.92. The standard InChI is InChI=1S/C16H18N4O2S/c1-4-20-10-9-11(18-20)15(21)17-16-19(3)14-12(22-5-2)7-6-8-13(14)23-16/h6-10H,4-5H2,1-3H3. The van der Waals surface area contributed by atoms with E-state index in [2.05, 4.69) is 10.1 Å². The zero-order chi connectivity index (χ0) is 16.4. The molecule has 0 saturated carbocycles. The summed E-state index contributed by atoms with van der Waals surface area (Å²) >= 11 is 1.46. The number of nitrogens with zero attached hydrogens (tertiary/aromatic N) is 4. The third-order valence-electron chi connectivity index (χ3n) is 3.47. The van der Waals surface area contributed by atoms with Crippen molar-refractivity contribution in [2.24, 2.45) is 12.0 Å². The van der Waals surface area contributed by atoms with Crippen LogP contribution >= 0.6 is 11.3 Å². The van der Waals surface area contributed by atoms with Gasteiger partial charge in [0.05, 0.1) is 11.3 Å². The van der Waals surface area contributed by atoms with Crippen LogP contribution in [0.3, 0.4) is 0 Å². The van der Waals surface area contributed by atoms with E-state index >= 15 is 0 Å². The van der Waals surface area contributed by atoms with Gasteiger partial charge in [-0.25, -0.2) is 0 Å². The van der Waals surface area contributed by atoms with Gasteiger partial charge in [-0.05, 0) is 32.0 Å². The Morgan fingerprint density at radius 1 is 1.35 bits per heavy atom. The molecule has 7 heteroatoms. The number of thiazole rings is 1. The summed E-state index contributed by atoms with van der Waals surface area (Å²) in [7, 11) is 1.89. The highest BCUT2D eigenvalue weighted by atomic mass is 32.1. The van der Waals surface area contributed by atoms with Crippen LogP contribution in [0.25, 0.3) is 10.2 Å². The first-order valence-electron chi connectivity index (χ1n) is 7.48. The minimum Gasteiger partial charge on any atom is -0.492 e. The van der Waals surface area contributed by atoms with Crippen molar-refractivity contribution < 1.29 is 9.53 Å². The summed E-state index contributed by atoms with van der Waals surface area (Å²) in [4.78, 5) is 17.2. The molecular formula is C16H18N4O2S. The number of rotatable bonds is 4. The third-order valence-corrected chi connectivity index (χ3v) is 4.56. The molecule has 0 fully saturated rings. The lowest BCUT2D eigenvalue weighted by molar-refractivity contribution is 0.0992. The van der Waals surface area contributed by atoms with Gasteiger partial charge in [0.15, 0.2) is 10.5 Å². The lowest BCUT2D eigenvalue weighted by Crippen LogP contribution is -2.14. The number of carbonyl (C=O) groups excluding carboxylic acids is 1. The predicted molar refractivity (Wildman–Crippen MR) is 89.8 cm³/mol. The summed E-state index contributed by atoms with van der Waals surface area (Å²) in [6.07, 6.45) is 1.78. The van der Waals surface area contributed by atoms with Crippen LogP contribution in [0.5, 0.6) is 5.75 Å². The van der Waals surface area contributed by atoms with Crippen LogP contribution in [0, 0.1) is 0 Å². The number of fused-ring (bicyclic) bond motifs is 1. The van der Waals surface area contributed by atoms with E-state index < -0.39 is 0 Å². The predicted octanol–water partition coefficient (Wildman–Crippen LogP) is 2.60. The number of amides is 1. The van der Waals surface area contributed by atoms with E-state index in [-0.39, 0.29) is 5.91 Å². The van der Waals surface area contributed by atoms with Crippen molar-refractivity contribution in [3.63, 3.8) is 0 Å². The lowest BCUT2D eigenvalue weighted by Gasteiger charge is -2.05. The number of para-hydroxylation sites is 1. The minimum absolute atomic E-state index is 0.336. The zero-order valence-corrected chi connectivity index (χ0v) is 14.1. The van der Waals surface area contributed by atoms with E-state index in [0.29, 0.717) is 17.1 Å². The van der Waals surface area contributed by atoms with E-state index in [4.69, 9.17) is 4.74 Å². The first-order valence-corrected chi connectivity index (χ1v) is 8.29. The van der Waals surface area contributed by atoms with Crippen molar-refractivity contribution in [3.8, 4) is 5.75 Å². The van der Waals surface area contributed by atoms with Gasteiger partial charge in [-0.1, -0.05) is 17.4 Å². The monoisotopic (exact) mass is 330 g/mol. The Hall–Kier alpha value is -2.41. The van der Waals surface area contributed by atoms with Gasteiger partial charge < -0.3 is 9.30 Å². The minimum atomic E-state index is -0.336. The Labute approximate surface area is 137 Å². The lowest BCUT2D eigenvalue weighted by atomic mass is 10.3. The van der Waals surface area contributed by atoms with E-state index in [1.54, 1.807) is 16.9 Å². The fourth-order valence-electron chi connectivity index (χ4n) is 2.34. The first-order chi connectivity index (χ1) is 11.1. The van der Waals surface area contributed by atoms with E-state index in [1.165, 1.54) is 11.3 Å². The highest BCUT2D eigenvalue weighted by molar-refractivity contribution is 7.16. The van der Waals surface area contributed by atoms with Gasteiger partial charge in [0.2, 0.25) is 0 Å². The zero-order valence-electron chi connectivity index (χ0n) is 13.3. The molecule has 0 aliphatic rings. The smallest absolute Gasteiger partial charge is 0.300 e. The topological polar surface area (TPSA) is 61.4 Å². The Morgan fingerprint density at radius 3 is 2.87 bits per heavy atom. The Bertz CT molecular complexity index is 920. The second-order valence-corrected chi connectivity index (χ2v) is 5.96. The number of aryl methyl sites for hydroxylation is 2. The molecule has 2 aromatic heterocycles. The van der Waals surface area contributed by atoms with Crippen LogP contribution in [0.4, 0.5) is 0 Å². The van der Waals surface area contributed by atoms with Crippen LogP contribution in [-0.4, -0.2) is 26.9 Å². The summed E-state index contributed by atoms with van der Waals surface area (Å²) in [6, 6.07) is 7.55. The van der Waals surface area contributed by atoms with Gasteiger partial charge in [0.25, 0.3) is 5.91 Å². The molecular weight excluding hydrogens is 312 g/mol. The molecule has 23 heavy (non-hydrogen) atoms. The van der Waals surface area contributed by atoms with Gasteiger partial charge in [0, 0.05) is 19.8 Å². The quantitative estimate of drug-likeness (QED) is 0.739. The van der Waals surface area contributed by atoms with Crippen molar-refractivity contribution in [3.05, 3.63) is 41.0 Å². The number of carbonyl (C=O) groups is 1. The van der Waals surface area contributed by atoms with E-state index in [9.17, 15) is 4.79 Å². The fraction of sp³-hybridized carbons (Fsp3) is 0.312. The molecule has 0 aliphatic heterocycles. The van der Waals surface area contributed by atoms with Crippen LogP contribution in [0.2, 0.25) is 0 Å². The van der Waals surface area contributed by atoms with Crippen molar-refractivity contribution in [1.29, 1.82) is 0 Å². The molecule has 1 amide bonds. The summed E-state index contributed by atoms with van der Waals surface area (Å²) in [5.74, 6) is 0.463. The van der Waals surface area contributed by atoms with Gasteiger partial charge in [-0.15, -0.1) is 0 Å². The maximum absolute atomic E-state index is 12.3. The molecule has 1 aromatic carbocycles. The number of hydrogen-bond donors (Lipinski definition) is 0. The first kappa shape index (κ1) is 15.5. The van der Waals surface area contributed by atoms with Crippen LogP contribution in [-0.2, 0) is 13.6 Å². The molecule has 0 spiro atoms. The SMILES string of the molecule is CCOc1cccc2sc(=NC(=O)c3ccn(CC)n3)n(C)c12. The summed E-state index contributed by atoms with van der Waals surface area (Å²) in [5, 5.41) is 4.20. The van der Waals surface area contributed by atoms with Crippen molar-refractivity contribution in [1.82, 2.24) is 14.3 Å². The molecule has 0 aliphatic carbocycles. The van der Waals surface area contributed by atoms with Crippen molar-refractivity contribution in [2.75, 3.05) is 6.61 Å². The van der Waals surface area contributed by atoms with Gasteiger partial charge in [0.1, 0.15) is 11.3 Å². The molecule has 120 valence electrons. The van der Waals surface area contributed by atoms with Gasteiger partial charge in [-0.2, -0.15) is 10.1 Å². The molecule has 6 nitrogen and oxygen atoms in total. The normalized spacial score (nSPS) is 12.0. The number of aromatic nitrogens is 3. The molecule has 0 atom stereocenters. The highest BCUT2D eigenvalue weighted by Gasteiger charge is 2.12. The fourth-order valence-corrected chi connectivity index (χ4v) is 3.38. The maximum Gasteiger partial charge on any atom is 0.300 e. The average Bonchev–Trinajstić information content (AvgIpc) is 3.14. The molecule has 0 saturated heterocycles. The second-order valence-electron chi connectivity index (χ2n) is 4.95. The van der Waals surface area contributed by atoms with E-state index in [0.717, 1.165) is 22.5 Å². The molecule has 2 heterocycles. The van der Waals surface area contributed by atoms with Crippen molar-refractivity contribution in [2.45, 2.75) is 20.4 Å². The summed E-state index contributed by atoms with van der Waals surface area (Å²) in [6.45, 7) is 5.24. The highest BCUT2D eigenvalue weighted by Crippen LogP contribution is 2.26. The molecule has 3 aromatic rings. The number of benzene rings is 1. The van der Waals surface area contributed by atoms with Gasteiger partial charge in [-0.3, -0.25) is 9.48 Å². The molecule has 0 N–H and O–H groups in total. The van der Waals surface area contributed by atoms with Crippen LogP contribution < -0.4 is 9.54 Å². The number of hydrogen-bond acceptors (Lipinski definition) is 4. The Kier molecular flexibility index (Phi) is 4.29. The second kappa shape index (κ2) is 6.37. The summed E-state index contributed by atoms with van der Waals surface area (Å²) in [5.41, 5.74) is 1.30. The summed E-state index contributed by atoms with van der Waals surface area (Å²) < 4.78 is 10.3. The van der Waals surface area contributed by atoms with Crippen LogP contribution in [0.1, 0.15) is 24.3 Å². The molecule has 0 unspecified atom stereocenters. The van der Waals surface area contributed by atoms with Crippen molar-refractivity contribution >= 4 is 27.5 Å². The molecule has 0 bridgehead atoms. The molecule has 3 rings (SSSR count). The Balaban J connectivity index is 2.07. The Morgan fingerprint density at radius 2 is 2.17 bits per heavy atom. The van der Waals surface area contributed by atoms with E-state index in [1.807, 2.05) is 43.7 Å². The maximum atomic E-state index is 12.3. The largest absolute Gasteiger partial charge is 0.492 e. The molecule has 0 radical (unpaired) electrons. The van der Waals surface area contributed by atoms with Crippen LogP contribution in [0.15, 0.2) is 35.5 Å². The number of ether oxygens (including phenoxy) is 1.